The summed E-state index contributed by atoms with van der Waals surface area (Å²) in [5, 5.41) is 60.5. The minimum atomic E-state index is -0.449. The third kappa shape index (κ3) is 17.1. The van der Waals surface area contributed by atoms with Gasteiger partial charge in [-0.1, -0.05) is 194 Å². The first kappa shape index (κ1) is 76.1. The van der Waals surface area contributed by atoms with E-state index in [0.29, 0.717) is 41.8 Å². The number of nitrogens with two attached hydrogens (primary N) is 2. The van der Waals surface area contributed by atoms with Crippen LogP contribution in [-0.4, -0.2) is 23.0 Å². The van der Waals surface area contributed by atoms with Gasteiger partial charge < -0.3 is 11.5 Å². The first-order valence-corrected chi connectivity index (χ1v) is 39.0. The molecule has 9 rings (SSSR count). The second kappa shape index (κ2) is 36.5. The number of unbranched alkanes of at least 4 members (excludes halogenated alkanes) is 16. The molecule has 2 unspecified atom stereocenters. The van der Waals surface area contributed by atoms with Crippen LogP contribution in [0.3, 0.4) is 0 Å². The average molecular weight is 1420 g/mol. The predicted molar refractivity (Wildman–Crippen MR) is 417 cm³/mol. The van der Waals surface area contributed by atoms with E-state index in [2.05, 4.69) is 71.4 Å². The summed E-state index contributed by atoms with van der Waals surface area (Å²) in [4.78, 5) is 46.3. The average Bonchev–Trinajstić information content (AvgIpc) is 1.57. The lowest BCUT2D eigenvalue weighted by Crippen LogP contribution is -2.29. The minimum Gasteiger partial charge on any atom is -0.396 e. The first-order chi connectivity index (χ1) is 49.6. The van der Waals surface area contributed by atoms with Gasteiger partial charge in [0.2, 0.25) is 0 Å². The maximum absolute atomic E-state index is 14.5. The van der Waals surface area contributed by atoms with Gasteiger partial charge in [0, 0.05) is 82.2 Å². The van der Waals surface area contributed by atoms with Gasteiger partial charge in [-0.15, -0.1) is 45.3 Å². The van der Waals surface area contributed by atoms with E-state index in [1.165, 1.54) is 121 Å². The van der Waals surface area contributed by atoms with E-state index >= 15 is 0 Å². The number of nitrogens with zero attached hydrogens (tertiary/aromatic N) is 8. The lowest BCUT2D eigenvalue weighted by atomic mass is 9.86. The standard InChI is InChI=1S/C84H84N12O2S4/c1-9-13-17-21-23-27-31-51(29-25-19-15-11-3)37-53-41-71(101-69(53)43-57-33-35-67(99-57)75-73(65(49-87)95-7)59-39-55(47-85)56(48-86)40-61(59)83(75)97)77-79(89)81(91)78(82(92)80(77)90)72-42-54(38-52(30-26-20-16-12-4)32-28-24-22-18-14-10-2)70(102-72)44-58-34-36-68(100-58)76-74(66(50-88)96-8)60-45-63(93-5)64(94-6)46-62(60)84(76)98/h33-36,39-46,51-52,89,91H,9-32,37-38,90,92H2,1-4H3/b57-43+,58-44+,73-65?,74-66+,75-67+,76-68+,89-79?,91-81?. The molecule has 6 N–H and O–H groups in total. The number of allylic oxidation sites excluding steroid dienone is 6. The Balaban J connectivity index is 1.19. The van der Waals surface area contributed by atoms with Crippen molar-refractivity contribution in [2.45, 2.75) is 195 Å². The largest absolute Gasteiger partial charge is 0.396 e. The molecular weight excluding hydrogens is 1340 g/mol. The third-order valence-corrected chi connectivity index (χ3v) is 24.0. The molecule has 0 fully saturated rings. The Labute approximate surface area is 616 Å². The quantitative estimate of drug-likeness (QED) is 0.0137. The van der Waals surface area contributed by atoms with E-state index < -0.39 is 11.6 Å². The SMILES string of the molecule is [C-]#[N+]C(C#N)=C1/C(=c2/cc/c(=C\c3sc(C4=C(N)C(N)=C(c5cc(CC(CCCCCC)CCCCCCCC)c(/C=c6\cc/c(=C7\C(=O)c8cc([N+]#[C-])c([N+]#[C-])cc8\C7=C(\C#N)[N+]#[C-])s6)s5)C(=N)C4=N)cc3CC(CCCCCC)CCCCCCCC)s2)C(=O)c2cc(C#N)c(C#N)cc21. The van der Waals surface area contributed by atoms with Gasteiger partial charge in [0.15, 0.2) is 22.9 Å². The van der Waals surface area contributed by atoms with Crippen molar-refractivity contribution in [3.8, 4) is 24.3 Å². The summed E-state index contributed by atoms with van der Waals surface area (Å²) in [6, 6.07) is 25.3. The number of carbonyl (C=O) groups excluding carboxylic acids is 2. The Bertz CT molecular complexity index is 4720. The molecule has 3 aliphatic carbocycles. The Morgan fingerprint density at radius 3 is 1.18 bits per heavy atom. The minimum absolute atomic E-state index is 0.0137. The molecule has 4 heterocycles. The number of Topliss-reactive ketones (excluding diaryl/α,β-unsaturated/α-hetero) is 2. The molecule has 2 atom stereocenters. The Kier molecular flexibility index (Phi) is 27.2. The number of rotatable bonds is 32. The van der Waals surface area contributed by atoms with Crippen LogP contribution in [0.2, 0.25) is 0 Å². The fourth-order valence-electron chi connectivity index (χ4n) is 14.2. The van der Waals surface area contributed by atoms with Crippen molar-refractivity contribution in [1.29, 1.82) is 31.9 Å². The number of ketones is 2. The molecular formula is C84H84N12O2S4. The number of benzene rings is 2. The van der Waals surface area contributed by atoms with E-state index in [4.69, 9.17) is 37.8 Å². The van der Waals surface area contributed by atoms with E-state index in [1.807, 2.05) is 42.5 Å². The Morgan fingerprint density at radius 2 is 0.814 bits per heavy atom. The molecule has 516 valence electrons. The highest BCUT2D eigenvalue weighted by Gasteiger charge is 2.37. The molecule has 0 saturated carbocycles. The van der Waals surface area contributed by atoms with E-state index in [-0.39, 0.29) is 101 Å². The van der Waals surface area contributed by atoms with Crippen molar-refractivity contribution < 1.29 is 9.59 Å². The first-order valence-electron chi connectivity index (χ1n) is 35.7. The van der Waals surface area contributed by atoms with Gasteiger partial charge in [-0.2, -0.15) is 10.5 Å². The number of nitriles is 4. The summed E-state index contributed by atoms with van der Waals surface area (Å²) in [5.41, 5.74) is 18.7. The van der Waals surface area contributed by atoms with Crippen molar-refractivity contribution >= 4 is 125 Å². The van der Waals surface area contributed by atoms with Gasteiger partial charge in [0.25, 0.3) is 11.4 Å². The van der Waals surface area contributed by atoms with E-state index in [9.17, 15) is 41.5 Å². The van der Waals surface area contributed by atoms with Crippen molar-refractivity contribution in [2.75, 3.05) is 0 Å². The van der Waals surface area contributed by atoms with Crippen molar-refractivity contribution in [2.24, 2.45) is 23.3 Å². The summed E-state index contributed by atoms with van der Waals surface area (Å²) in [7, 11) is 0. The molecule has 2 aromatic carbocycles. The number of carbonyl (C=O) groups is 2. The molecule has 0 saturated heterocycles. The van der Waals surface area contributed by atoms with Crippen molar-refractivity contribution in [3.05, 3.63) is 211 Å². The zero-order chi connectivity index (χ0) is 73.0. The number of nitrogens with one attached hydrogen (secondary N) is 2. The van der Waals surface area contributed by atoms with Gasteiger partial charge in [-0.05, 0) is 108 Å². The van der Waals surface area contributed by atoms with Crippen LogP contribution in [0, 0.1) is 94.3 Å². The second-order valence-corrected chi connectivity index (χ2v) is 31.0. The summed E-state index contributed by atoms with van der Waals surface area (Å²) in [6.07, 6.45) is 33.2. The molecule has 6 aromatic rings. The van der Waals surface area contributed by atoms with Crippen LogP contribution in [0.15, 0.2) is 83.5 Å². The van der Waals surface area contributed by atoms with Gasteiger partial charge in [0.05, 0.1) is 72.4 Å². The number of fused-ring (bicyclic) bond motifs is 2. The van der Waals surface area contributed by atoms with Crippen molar-refractivity contribution in [3.63, 3.8) is 0 Å². The summed E-state index contributed by atoms with van der Waals surface area (Å²) < 4.78 is 2.61. The van der Waals surface area contributed by atoms with Gasteiger partial charge in [0.1, 0.15) is 12.1 Å². The van der Waals surface area contributed by atoms with E-state index in [1.54, 1.807) is 6.07 Å². The maximum atomic E-state index is 14.5. The molecule has 3 aliphatic rings. The Morgan fingerprint density at radius 1 is 0.471 bits per heavy atom. The molecule has 0 spiro atoms. The Hall–Kier alpha value is -10.1. The van der Waals surface area contributed by atoms with Crippen LogP contribution in [0.25, 0.3) is 65.0 Å². The molecule has 102 heavy (non-hydrogen) atoms. The van der Waals surface area contributed by atoms with Gasteiger partial charge in [-0.25, -0.2) is 20.2 Å². The zero-order valence-electron chi connectivity index (χ0n) is 58.6. The lowest BCUT2D eigenvalue weighted by Gasteiger charge is -2.22. The van der Waals surface area contributed by atoms with Gasteiger partial charge >= 0.3 is 0 Å². The molecule has 0 radical (unpaired) electrons. The highest BCUT2D eigenvalue weighted by atomic mass is 32.1. The zero-order valence-corrected chi connectivity index (χ0v) is 61.9. The fraction of sp³-hybridized carbons (Fsp3) is 0.381. The van der Waals surface area contributed by atoms with Crippen LogP contribution >= 0.6 is 45.3 Å². The molecule has 0 bridgehead atoms. The summed E-state index contributed by atoms with van der Waals surface area (Å²) in [6.45, 7) is 40.4. The molecule has 14 nitrogen and oxygen atoms in total. The molecule has 4 aromatic heterocycles. The molecule has 18 heteroatoms. The third-order valence-electron chi connectivity index (χ3n) is 19.6. The molecule has 0 aliphatic heterocycles. The smallest absolute Gasteiger partial charge is 0.270 e. The topological polar surface area (TPSA) is 246 Å². The lowest BCUT2D eigenvalue weighted by molar-refractivity contribution is 0.105. The van der Waals surface area contributed by atoms with Crippen LogP contribution in [0.1, 0.15) is 255 Å². The van der Waals surface area contributed by atoms with Crippen molar-refractivity contribution in [1.82, 2.24) is 0 Å². The summed E-state index contributed by atoms with van der Waals surface area (Å²) in [5.74, 6) is -0.165. The van der Waals surface area contributed by atoms with Crippen LogP contribution in [-0.2, 0) is 12.8 Å². The fourth-order valence-corrected chi connectivity index (χ4v) is 18.8. The van der Waals surface area contributed by atoms with Crippen LogP contribution in [0.4, 0.5) is 11.4 Å². The maximum Gasteiger partial charge on any atom is 0.270 e. The summed E-state index contributed by atoms with van der Waals surface area (Å²) >= 11 is 5.61. The predicted octanol–water partition coefficient (Wildman–Crippen LogP) is 19.7. The molecule has 0 amide bonds. The van der Waals surface area contributed by atoms with Gasteiger partial charge in [-0.3, -0.25) is 30.1 Å². The monoisotopic (exact) mass is 1420 g/mol. The number of hydrogen-bond acceptors (Lipinski definition) is 14. The van der Waals surface area contributed by atoms with E-state index in [0.717, 1.165) is 146 Å². The van der Waals surface area contributed by atoms with Crippen LogP contribution < -0.4 is 29.6 Å². The highest BCUT2D eigenvalue weighted by molar-refractivity contribution is 7.16. The highest BCUT2D eigenvalue weighted by Crippen LogP contribution is 2.47. The number of hydrogen-bond donors (Lipinski definition) is 4. The van der Waals surface area contributed by atoms with Crippen LogP contribution in [0.5, 0.6) is 0 Å². The normalized spacial score (nSPS) is 16.4. The second-order valence-electron chi connectivity index (χ2n) is 26.6. The number of thiophene rings is 4.